The lowest BCUT2D eigenvalue weighted by Crippen LogP contribution is -2.28. The van der Waals surface area contributed by atoms with Crippen molar-refractivity contribution >= 4 is 42.3 Å². The first-order valence-corrected chi connectivity index (χ1v) is 9.91. The molecule has 1 amide bonds. The SMILES string of the molecule is CC1(C)Cc2cccc(OCC(=O)NC3=C(Cl)I=CC=C3)c2O1. The van der Waals surface area contributed by atoms with Crippen molar-refractivity contribution in [2.24, 2.45) is 0 Å². The van der Waals surface area contributed by atoms with Crippen LogP contribution in [0.3, 0.4) is 0 Å². The molecule has 0 saturated carbocycles. The molecule has 4 nitrogen and oxygen atoms in total. The topological polar surface area (TPSA) is 47.6 Å². The van der Waals surface area contributed by atoms with E-state index in [1.807, 2.05) is 42.1 Å². The van der Waals surface area contributed by atoms with Gasteiger partial charge in [0.1, 0.15) is 5.60 Å². The van der Waals surface area contributed by atoms with Crippen molar-refractivity contribution in [2.75, 3.05) is 6.61 Å². The van der Waals surface area contributed by atoms with Gasteiger partial charge >= 0.3 is 0 Å². The van der Waals surface area contributed by atoms with Crippen LogP contribution < -0.4 is 14.8 Å². The molecule has 3 rings (SSSR count). The van der Waals surface area contributed by atoms with E-state index in [1.54, 1.807) is 6.08 Å². The molecule has 0 radical (unpaired) electrons. The molecule has 1 aromatic rings. The van der Waals surface area contributed by atoms with E-state index >= 15 is 0 Å². The summed E-state index contributed by atoms with van der Waals surface area (Å²) in [7, 11) is 0. The van der Waals surface area contributed by atoms with Crippen molar-refractivity contribution in [3.63, 3.8) is 0 Å². The second-order valence-electron chi connectivity index (χ2n) is 5.89. The standard InChI is InChI=1S/C17H17ClINO3/c1-17(2)9-11-5-3-7-13(15(11)23-17)22-10-14(21)20-12-6-4-8-19-16(12)18/h3-8H,9-10H2,1-2H3,(H,20,21). The third kappa shape index (κ3) is 3.95. The van der Waals surface area contributed by atoms with E-state index in [9.17, 15) is 4.79 Å². The number of rotatable bonds is 4. The fraction of sp³-hybridized carbons (Fsp3) is 0.294. The lowest BCUT2D eigenvalue weighted by atomic mass is 10.0. The molecule has 0 atom stereocenters. The van der Waals surface area contributed by atoms with Gasteiger partial charge in [0.05, 0.1) is 8.74 Å². The zero-order chi connectivity index (χ0) is 16.4. The van der Waals surface area contributed by atoms with E-state index in [-0.39, 0.29) is 38.8 Å². The van der Waals surface area contributed by atoms with Gasteiger partial charge in [-0.25, -0.2) is 0 Å². The molecule has 0 bridgehead atoms. The molecule has 122 valence electrons. The zero-order valence-electron chi connectivity index (χ0n) is 12.9. The minimum absolute atomic E-state index is 0.0796. The molecule has 2 heterocycles. The highest BCUT2D eigenvalue weighted by atomic mass is 127. The quantitative estimate of drug-likeness (QED) is 0.720. The van der Waals surface area contributed by atoms with Gasteiger partial charge in [-0.05, 0) is 30.0 Å². The van der Waals surface area contributed by atoms with Gasteiger partial charge in [0, 0.05) is 12.0 Å². The van der Waals surface area contributed by atoms with Crippen LogP contribution >= 0.6 is 32.3 Å². The molecular formula is C17H17ClINO3. The minimum Gasteiger partial charge on any atom is -0.483 e. The predicted molar refractivity (Wildman–Crippen MR) is 101 cm³/mol. The summed E-state index contributed by atoms with van der Waals surface area (Å²) in [4.78, 5) is 12.1. The molecule has 0 spiro atoms. The summed E-state index contributed by atoms with van der Waals surface area (Å²) >= 11 is 5.79. The molecule has 1 N–H and O–H groups in total. The first kappa shape index (κ1) is 16.5. The van der Waals surface area contributed by atoms with Gasteiger partial charge < -0.3 is 14.8 Å². The van der Waals surface area contributed by atoms with E-state index in [0.717, 1.165) is 20.8 Å². The molecular weight excluding hydrogens is 429 g/mol. The maximum Gasteiger partial charge on any atom is 0.262 e. The fourth-order valence-electron chi connectivity index (χ4n) is 2.47. The molecule has 6 heteroatoms. The van der Waals surface area contributed by atoms with Crippen molar-refractivity contribution in [2.45, 2.75) is 25.9 Å². The van der Waals surface area contributed by atoms with Gasteiger partial charge in [-0.15, -0.1) is 0 Å². The van der Waals surface area contributed by atoms with E-state index in [4.69, 9.17) is 21.1 Å². The van der Waals surface area contributed by atoms with Crippen LogP contribution in [0.2, 0.25) is 0 Å². The number of amides is 1. The summed E-state index contributed by atoms with van der Waals surface area (Å²) in [6, 6.07) is 5.76. The van der Waals surface area contributed by atoms with Crippen molar-refractivity contribution in [3.8, 4) is 11.5 Å². The van der Waals surface area contributed by atoms with Crippen molar-refractivity contribution < 1.29 is 14.3 Å². The fourth-order valence-corrected chi connectivity index (χ4v) is 4.28. The van der Waals surface area contributed by atoms with E-state index in [1.165, 1.54) is 0 Å². The van der Waals surface area contributed by atoms with Gasteiger partial charge in [-0.1, -0.05) is 50.5 Å². The summed E-state index contributed by atoms with van der Waals surface area (Å²) in [5.74, 6) is 1.10. The number of allylic oxidation sites excluding steroid dienone is 2. The summed E-state index contributed by atoms with van der Waals surface area (Å²) < 4.78 is 14.4. The van der Waals surface area contributed by atoms with Gasteiger partial charge in [0.15, 0.2) is 18.1 Å². The highest BCUT2D eigenvalue weighted by molar-refractivity contribution is 14.2. The van der Waals surface area contributed by atoms with Crippen LogP contribution in [0.25, 0.3) is 0 Å². The van der Waals surface area contributed by atoms with Gasteiger partial charge in [0.25, 0.3) is 5.91 Å². The number of carbonyl (C=O) groups excluding carboxylic acids is 1. The number of halogens is 2. The first-order valence-electron chi connectivity index (χ1n) is 7.21. The third-order valence-electron chi connectivity index (χ3n) is 3.39. The monoisotopic (exact) mass is 445 g/mol. The largest absolute Gasteiger partial charge is 0.483 e. The molecule has 23 heavy (non-hydrogen) atoms. The number of hydrogen-bond donors (Lipinski definition) is 1. The van der Waals surface area contributed by atoms with Crippen molar-refractivity contribution in [3.05, 3.63) is 44.7 Å². The maximum atomic E-state index is 12.1. The number of para-hydroxylation sites is 1. The summed E-state index contributed by atoms with van der Waals surface area (Å²) in [5, 5.41) is 2.79. The van der Waals surface area contributed by atoms with Crippen LogP contribution in [-0.4, -0.2) is 22.1 Å². The van der Waals surface area contributed by atoms with Gasteiger partial charge in [-0.2, -0.15) is 0 Å². The molecule has 2 aliphatic heterocycles. The molecule has 0 aliphatic carbocycles. The maximum absolute atomic E-state index is 12.1. The van der Waals surface area contributed by atoms with Crippen LogP contribution in [-0.2, 0) is 11.2 Å². The number of benzene rings is 1. The number of hydrogen-bond acceptors (Lipinski definition) is 3. The van der Waals surface area contributed by atoms with E-state index in [0.29, 0.717) is 11.4 Å². The second kappa shape index (κ2) is 6.65. The minimum atomic E-state index is -0.332. The predicted octanol–water partition coefficient (Wildman–Crippen LogP) is 3.65. The highest BCUT2D eigenvalue weighted by Crippen LogP contribution is 2.41. The number of ether oxygens (including phenoxy) is 2. The lowest BCUT2D eigenvalue weighted by Gasteiger charge is -2.18. The number of fused-ring (bicyclic) bond motifs is 1. The van der Waals surface area contributed by atoms with Crippen molar-refractivity contribution in [1.82, 2.24) is 5.32 Å². The van der Waals surface area contributed by atoms with Crippen LogP contribution in [0.15, 0.2) is 39.1 Å². The molecule has 2 aliphatic rings. The first-order chi connectivity index (χ1) is 10.9. The molecule has 0 unspecified atom stereocenters. The van der Waals surface area contributed by atoms with Gasteiger partial charge in [0.2, 0.25) is 0 Å². The third-order valence-corrected chi connectivity index (χ3v) is 6.05. The highest BCUT2D eigenvalue weighted by Gasteiger charge is 2.32. The van der Waals surface area contributed by atoms with Crippen LogP contribution in [0.4, 0.5) is 0 Å². The molecule has 0 aromatic heterocycles. The Hall–Kier alpha value is -1.34. The molecule has 0 fully saturated rings. The number of nitrogens with one attached hydrogen (secondary N) is 1. The van der Waals surface area contributed by atoms with E-state index < -0.39 is 0 Å². The molecule has 0 saturated heterocycles. The smallest absolute Gasteiger partial charge is 0.262 e. The Labute approximate surface area is 150 Å². The lowest BCUT2D eigenvalue weighted by molar-refractivity contribution is -0.122. The van der Waals surface area contributed by atoms with Gasteiger partial charge in [-0.3, -0.25) is 4.79 Å². The Bertz CT molecular complexity index is 737. The zero-order valence-corrected chi connectivity index (χ0v) is 15.8. The van der Waals surface area contributed by atoms with E-state index in [2.05, 4.69) is 5.32 Å². The Morgan fingerprint density at radius 1 is 1.48 bits per heavy atom. The Morgan fingerprint density at radius 3 is 3.09 bits per heavy atom. The van der Waals surface area contributed by atoms with Crippen LogP contribution in [0, 0.1) is 0 Å². The Morgan fingerprint density at radius 2 is 2.30 bits per heavy atom. The summed E-state index contributed by atoms with van der Waals surface area (Å²) in [6.45, 7) is 3.99. The molecule has 1 aromatic carbocycles. The number of carbonyl (C=O) groups is 1. The normalized spacial score (nSPS) is 18.0. The van der Waals surface area contributed by atoms with Crippen molar-refractivity contribution in [1.29, 1.82) is 0 Å². The summed E-state index contributed by atoms with van der Waals surface area (Å²) in [5.41, 5.74) is 1.54. The Kier molecular flexibility index (Phi) is 4.77. The average molecular weight is 446 g/mol. The second-order valence-corrected chi connectivity index (χ2v) is 9.32. The summed E-state index contributed by atoms with van der Waals surface area (Å²) in [6.07, 6.45) is 4.55. The average Bonchev–Trinajstić information content (AvgIpc) is 2.82. The van der Waals surface area contributed by atoms with Crippen LogP contribution in [0.1, 0.15) is 19.4 Å². The van der Waals surface area contributed by atoms with Crippen LogP contribution in [0.5, 0.6) is 11.5 Å². The Balaban J connectivity index is 1.64.